The molecular weight excluding hydrogens is 284 g/mol. The molecule has 0 atom stereocenters. The van der Waals surface area contributed by atoms with Crippen molar-refractivity contribution in [3.05, 3.63) is 41.2 Å². The minimum atomic E-state index is -0.0978. The molecule has 2 heteroatoms. The molecule has 0 radical (unpaired) electrons. The van der Waals surface area contributed by atoms with Crippen LogP contribution in [0.1, 0.15) is 89.7 Å². The Labute approximate surface area is 141 Å². The van der Waals surface area contributed by atoms with Crippen LogP contribution < -0.4 is 4.74 Å². The van der Waals surface area contributed by atoms with Crippen LogP contribution in [0.25, 0.3) is 0 Å². The third-order valence-corrected chi connectivity index (χ3v) is 3.85. The Kier molecular flexibility index (Phi) is 6.21. The van der Waals surface area contributed by atoms with Gasteiger partial charge in [-0.15, -0.1) is 0 Å². The number of unbranched alkanes of at least 4 members (excludes halogenated alkanes) is 1. The molecule has 0 fully saturated rings. The lowest BCUT2D eigenvalue weighted by atomic mass is 9.78. The lowest BCUT2D eigenvalue weighted by Gasteiger charge is -2.29. The lowest BCUT2D eigenvalue weighted by Crippen LogP contribution is -2.20. The van der Waals surface area contributed by atoms with Crippen LogP contribution in [-0.4, -0.2) is 5.78 Å². The second-order valence-corrected chi connectivity index (χ2v) is 8.23. The summed E-state index contributed by atoms with van der Waals surface area (Å²) >= 11 is 0. The molecule has 0 N–H and O–H groups in total. The summed E-state index contributed by atoms with van der Waals surface area (Å²) in [6, 6.07) is 3.97. The summed E-state index contributed by atoms with van der Waals surface area (Å²) in [6.07, 6.45) is 5.94. The molecule has 0 aliphatic heterocycles. The van der Waals surface area contributed by atoms with E-state index in [2.05, 4.69) is 54.5 Å². The number of hydrogen-bond acceptors (Lipinski definition) is 2. The van der Waals surface area contributed by atoms with Gasteiger partial charge in [-0.05, 0) is 42.4 Å². The Balaban J connectivity index is 3.56. The number of benzene rings is 1. The Morgan fingerprint density at radius 2 is 1.52 bits per heavy atom. The second kappa shape index (κ2) is 7.33. The van der Waals surface area contributed by atoms with E-state index in [0.717, 1.165) is 35.3 Å². The molecule has 0 heterocycles. The highest BCUT2D eigenvalue weighted by molar-refractivity contribution is 5.95. The van der Waals surface area contributed by atoms with Crippen LogP contribution in [0.4, 0.5) is 0 Å². The summed E-state index contributed by atoms with van der Waals surface area (Å²) in [5.74, 6) is 0.983. The predicted molar refractivity (Wildman–Crippen MR) is 98.5 cm³/mol. The maximum atomic E-state index is 12.0. The zero-order valence-electron chi connectivity index (χ0n) is 16.0. The summed E-state index contributed by atoms with van der Waals surface area (Å²) in [5.41, 5.74) is 2.72. The van der Waals surface area contributed by atoms with Gasteiger partial charge in [-0.2, -0.15) is 0 Å². The van der Waals surface area contributed by atoms with Gasteiger partial charge in [0.15, 0.2) is 5.78 Å². The van der Waals surface area contributed by atoms with Gasteiger partial charge in [-0.3, -0.25) is 4.79 Å². The molecule has 0 bridgehead atoms. The van der Waals surface area contributed by atoms with Gasteiger partial charge < -0.3 is 4.74 Å². The zero-order valence-corrected chi connectivity index (χ0v) is 16.0. The van der Waals surface area contributed by atoms with Gasteiger partial charge in [-0.25, -0.2) is 0 Å². The molecule has 0 aliphatic rings. The third kappa shape index (κ3) is 5.23. The number of ketones is 1. The topological polar surface area (TPSA) is 26.3 Å². The molecule has 0 spiro atoms. The number of ether oxygens (including phenoxy) is 1. The summed E-state index contributed by atoms with van der Waals surface area (Å²) in [6.45, 7) is 16.7. The van der Waals surface area contributed by atoms with Crippen LogP contribution in [0.3, 0.4) is 0 Å². The van der Waals surface area contributed by atoms with Crippen molar-refractivity contribution in [2.75, 3.05) is 0 Å². The van der Waals surface area contributed by atoms with Crippen LogP contribution in [0.15, 0.2) is 24.5 Å². The van der Waals surface area contributed by atoms with E-state index in [1.54, 1.807) is 13.2 Å². The van der Waals surface area contributed by atoms with Crippen LogP contribution in [0, 0.1) is 0 Å². The molecule has 0 amide bonds. The lowest BCUT2D eigenvalue weighted by molar-refractivity contribution is 0.101. The monoisotopic (exact) mass is 316 g/mol. The second-order valence-electron chi connectivity index (χ2n) is 8.23. The summed E-state index contributed by atoms with van der Waals surface area (Å²) in [7, 11) is 0. The minimum Gasteiger partial charge on any atom is -0.465 e. The Morgan fingerprint density at radius 3 is 1.87 bits per heavy atom. The first-order valence-electron chi connectivity index (χ1n) is 8.50. The highest BCUT2D eigenvalue weighted by Gasteiger charge is 2.28. The Bertz CT molecular complexity index is 546. The minimum absolute atomic E-state index is 0.0917. The van der Waals surface area contributed by atoms with Crippen molar-refractivity contribution in [2.24, 2.45) is 0 Å². The van der Waals surface area contributed by atoms with Crippen molar-refractivity contribution < 1.29 is 9.53 Å². The van der Waals surface area contributed by atoms with Crippen LogP contribution >= 0.6 is 0 Å². The molecule has 0 aliphatic carbocycles. The number of hydrogen-bond donors (Lipinski definition) is 0. The van der Waals surface area contributed by atoms with Gasteiger partial charge >= 0.3 is 0 Å². The van der Waals surface area contributed by atoms with Gasteiger partial charge in [0.2, 0.25) is 0 Å². The fraction of sp³-hybridized carbons (Fsp3) is 0.571. The number of allylic oxidation sites excluding steroid dienone is 1. The van der Waals surface area contributed by atoms with Gasteiger partial charge in [0.1, 0.15) is 5.75 Å². The number of carbonyl (C=O) groups is 1. The Morgan fingerprint density at radius 1 is 1.04 bits per heavy atom. The molecule has 128 valence electrons. The first-order chi connectivity index (χ1) is 10.5. The summed E-state index contributed by atoms with van der Waals surface area (Å²) < 4.78 is 6.07. The molecule has 0 unspecified atom stereocenters. The van der Waals surface area contributed by atoms with Crippen molar-refractivity contribution in [3.8, 4) is 5.75 Å². The highest BCUT2D eigenvalue weighted by atomic mass is 16.5. The van der Waals surface area contributed by atoms with E-state index >= 15 is 0 Å². The first-order valence-corrected chi connectivity index (χ1v) is 8.50. The van der Waals surface area contributed by atoms with Gasteiger partial charge in [0.05, 0.1) is 6.26 Å². The SMILES string of the molecule is CCCC=COc1c(C(C)(C)C)cc(C(C)=O)cc1C(C)(C)C. The van der Waals surface area contributed by atoms with E-state index in [-0.39, 0.29) is 16.6 Å². The van der Waals surface area contributed by atoms with Gasteiger partial charge in [0.25, 0.3) is 0 Å². The molecule has 23 heavy (non-hydrogen) atoms. The van der Waals surface area contributed by atoms with Gasteiger partial charge in [0, 0.05) is 16.7 Å². The maximum absolute atomic E-state index is 12.0. The van der Waals surface area contributed by atoms with Crippen LogP contribution in [0.2, 0.25) is 0 Å². The number of rotatable bonds is 5. The maximum Gasteiger partial charge on any atom is 0.159 e. The van der Waals surface area contributed by atoms with E-state index in [1.807, 2.05) is 12.1 Å². The average Bonchev–Trinajstić information content (AvgIpc) is 2.40. The number of Topliss-reactive ketones (excluding diaryl/α,β-unsaturated/α-hetero) is 1. The van der Waals surface area contributed by atoms with E-state index in [9.17, 15) is 4.79 Å². The zero-order chi connectivity index (χ0) is 17.8. The fourth-order valence-corrected chi connectivity index (χ4v) is 2.42. The molecule has 0 saturated carbocycles. The highest BCUT2D eigenvalue weighted by Crippen LogP contribution is 2.41. The van der Waals surface area contributed by atoms with Crippen molar-refractivity contribution >= 4 is 5.78 Å². The Hall–Kier alpha value is -1.57. The molecule has 2 nitrogen and oxygen atoms in total. The van der Waals surface area contributed by atoms with Gasteiger partial charge in [-0.1, -0.05) is 54.9 Å². The largest absolute Gasteiger partial charge is 0.465 e. The normalized spacial score (nSPS) is 12.7. The summed E-state index contributed by atoms with van der Waals surface area (Å²) in [5, 5.41) is 0. The van der Waals surface area contributed by atoms with E-state index in [0.29, 0.717) is 0 Å². The molecule has 1 aromatic carbocycles. The average molecular weight is 316 g/mol. The molecule has 1 rings (SSSR count). The molecule has 1 aromatic rings. The van der Waals surface area contributed by atoms with E-state index in [1.165, 1.54) is 0 Å². The van der Waals surface area contributed by atoms with Crippen molar-refractivity contribution in [3.63, 3.8) is 0 Å². The fourth-order valence-electron chi connectivity index (χ4n) is 2.42. The van der Waals surface area contributed by atoms with E-state index < -0.39 is 0 Å². The van der Waals surface area contributed by atoms with E-state index in [4.69, 9.17) is 4.74 Å². The van der Waals surface area contributed by atoms with Crippen molar-refractivity contribution in [1.29, 1.82) is 0 Å². The quantitative estimate of drug-likeness (QED) is 0.479. The molecule has 0 saturated heterocycles. The first kappa shape index (κ1) is 19.5. The molecule has 0 aromatic heterocycles. The third-order valence-electron chi connectivity index (χ3n) is 3.85. The molecular formula is C21H32O2. The van der Waals surface area contributed by atoms with Crippen molar-refractivity contribution in [1.82, 2.24) is 0 Å². The predicted octanol–water partition coefficient (Wildman–Crippen LogP) is 6.18. The smallest absolute Gasteiger partial charge is 0.159 e. The standard InChI is InChI=1S/C21H32O2/c1-9-10-11-12-23-19-17(20(3,4)5)13-16(15(2)22)14-18(19)21(6,7)8/h11-14H,9-10H2,1-8H3. The van der Waals surface area contributed by atoms with Crippen LogP contribution in [0.5, 0.6) is 5.75 Å². The van der Waals surface area contributed by atoms with Crippen LogP contribution in [-0.2, 0) is 10.8 Å². The van der Waals surface area contributed by atoms with Crippen molar-refractivity contribution in [2.45, 2.75) is 79.1 Å². The number of carbonyl (C=O) groups excluding carboxylic acids is 1. The summed E-state index contributed by atoms with van der Waals surface area (Å²) in [4.78, 5) is 12.0.